The minimum atomic E-state index is -0.342. The summed E-state index contributed by atoms with van der Waals surface area (Å²) in [5, 5.41) is 2.86. The number of carbonyl (C=O) groups is 1. The summed E-state index contributed by atoms with van der Waals surface area (Å²) in [6.45, 7) is 0. The smallest absolute Gasteiger partial charge is 0.237 e. The number of carbonyl (C=O) groups excluding carboxylic acids is 1. The van der Waals surface area contributed by atoms with Crippen LogP contribution in [0, 0.1) is 0 Å². The first kappa shape index (κ1) is 8.26. The fourth-order valence-electron chi connectivity index (χ4n) is 1.60. The summed E-state index contributed by atoms with van der Waals surface area (Å²) in [6, 6.07) is 9.65. The number of nitrogens with one attached hydrogen (secondary N) is 1. The van der Waals surface area contributed by atoms with Gasteiger partial charge in [0.2, 0.25) is 5.91 Å². The van der Waals surface area contributed by atoms with Gasteiger partial charge in [0.25, 0.3) is 0 Å². The van der Waals surface area contributed by atoms with E-state index in [0.29, 0.717) is 6.42 Å². The van der Waals surface area contributed by atoms with Crippen molar-refractivity contribution in [3.8, 4) is 0 Å². The number of rotatable bonds is 1. The molecule has 2 rings (SSSR count). The maximum atomic E-state index is 11.1. The molecule has 1 aliphatic rings. The normalized spacial score (nSPS) is 27.3. The second-order valence-corrected chi connectivity index (χ2v) is 3.31. The lowest BCUT2D eigenvalue weighted by atomic mass is 10.0. The molecular formula is C10H12N2O. The Kier molecular flexibility index (Phi) is 2.02. The molecule has 1 aromatic rings. The van der Waals surface area contributed by atoms with Crippen molar-refractivity contribution < 1.29 is 4.79 Å². The highest BCUT2D eigenvalue weighted by atomic mass is 16.2. The van der Waals surface area contributed by atoms with E-state index < -0.39 is 0 Å². The third-order valence-electron chi connectivity index (χ3n) is 2.34. The molecule has 68 valence electrons. The highest BCUT2D eigenvalue weighted by Crippen LogP contribution is 2.22. The standard InChI is InChI=1S/C10H12N2O/c11-8-6-9(12-10(8)13)7-4-2-1-3-5-7/h1-5,8-9H,6,11H2,(H,12,13)/t8-,9-/m0/s1. The van der Waals surface area contributed by atoms with Gasteiger partial charge in [-0.1, -0.05) is 30.3 Å². The van der Waals surface area contributed by atoms with Crippen LogP contribution in [0.25, 0.3) is 0 Å². The molecule has 0 aromatic heterocycles. The van der Waals surface area contributed by atoms with Gasteiger partial charge in [-0.3, -0.25) is 4.79 Å². The Balaban J connectivity index is 2.17. The molecule has 1 saturated heterocycles. The van der Waals surface area contributed by atoms with E-state index in [-0.39, 0.29) is 18.0 Å². The highest BCUT2D eigenvalue weighted by Gasteiger charge is 2.29. The first-order chi connectivity index (χ1) is 6.27. The Labute approximate surface area is 76.9 Å². The topological polar surface area (TPSA) is 55.1 Å². The molecule has 1 amide bonds. The van der Waals surface area contributed by atoms with E-state index in [1.165, 1.54) is 0 Å². The lowest BCUT2D eigenvalue weighted by Crippen LogP contribution is -2.30. The molecule has 3 nitrogen and oxygen atoms in total. The second-order valence-electron chi connectivity index (χ2n) is 3.31. The molecule has 3 heteroatoms. The van der Waals surface area contributed by atoms with E-state index in [9.17, 15) is 4.79 Å². The van der Waals surface area contributed by atoms with E-state index in [1.807, 2.05) is 30.3 Å². The van der Waals surface area contributed by atoms with Gasteiger partial charge in [-0.2, -0.15) is 0 Å². The van der Waals surface area contributed by atoms with Crippen molar-refractivity contribution in [2.24, 2.45) is 5.73 Å². The summed E-state index contributed by atoms with van der Waals surface area (Å²) in [5.74, 6) is -0.0474. The lowest BCUT2D eigenvalue weighted by molar-refractivity contribution is -0.120. The molecule has 1 fully saturated rings. The van der Waals surface area contributed by atoms with Crippen molar-refractivity contribution in [2.45, 2.75) is 18.5 Å². The molecule has 0 spiro atoms. The van der Waals surface area contributed by atoms with Gasteiger partial charge in [0.1, 0.15) is 0 Å². The van der Waals surface area contributed by atoms with Crippen molar-refractivity contribution in [3.05, 3.63) is 35.9 Å². The van der Waals surface area contributed by atoms with E-state index in [1.54, 1.807) is 0 Å². The van der Waals surface area contributed by atoms with E-state index in [0.717, 1.165) is 5.56 Å². The van der Waals surface area contributed by atoms with E-state index >= 15 is 0 Å². The molecule has 3 N–H and O–H groups in total. The van der Waals surface area contributed by atoms with Crippen LogP contribution in [0.4, 0.5) is 0 Å². The molecule has 0 radical (unpaired) electrons. The van der Waals surface area contributed by atoms with Crippen LogP contribution in [0.2, 0.25) is 0 Å². The largest absolute Gasteiger partial charge is 0.348 e. The zero-order valence-electron chi connectivity index (χ0n) is 7.23. The van der Waals surface area contributed by atoms with Crippen molar-refractivity contribution in [1.29, 1.82) is 0 Å². The van der Waals surface area contributed by atoms with Crippen molar-refractivity contribution >= 4 is 5.91 Å². The van der Waals surface area contributed by atoms with Crippen LogP contribution in [0.3, 0.4) is 0 Å². The monoisotopic (exact) mass is 176 g/mol. The number of hydrogen-bond donors (Lipinski definition) is 2. The number of benzene rings is 1. The number of amides is 1. The van der Waals surface area contributed by atoms with Gasteiger partial charge >= 0.3 is 0 Å². The summed E-state index contributed by atoms with van der Waals surface area (Å²) < 4.78 is 0. The van der Waals surface area contributed by atoms with Crippen LogP contribution in [0.1, 0.15) is 18.0 Å². The minimum absolute atomic E-state index is 0.0474. The Morgan fingerprint density at radius 3 is 2.54 bits per heavy atom. The zero-order valence-corrected chi connectivity index (χ0v) is 7.23. The Morgan fingerprint density at radius 2 is 2.00 bits per heavy atom. The van der Waals surface area contributed by atoms with E-state index in [2.05, 4.69) is 5.32 Å². The fraction of sp³-hybridized carbons (Fsp3) is 0.300. The van der Waals surface area contributed by atoms with Crippen molar-refractivity contribution in [3.63, 3.8) is 0 Å². The predicted octanol–water partition coefficient (Wildman–Crippen LogP) is 0.575. The summed E-state index contributed by atoms with van der Waals surface area (Å²) in [4.78, 5) is 11.1. The average Bonchev–Trinajstić information content (AvgIpc) is 2.49. The Hall–Kier alpha value is -1.35. The minimum Gasteiger partial charge on any atom is -0.348 e. The Morgan fingerprint density at radius 1 is 1.31 bits per heavy atom. The summed E-state index contributed by atoms with van der Waals surface area (Å²) in [5.41, 5.74) is 6.72. The molecule has 0 aliphatic carbocycles. The lowest BCUT2D eigenvalue weighted by Gasteiger charge is -2.08. The maximum absolute atomic E-state index is 11.1. The van der Waals surface area contributed by atoms with Crippen LogP contribution in [0.5, 0.6) is 0 Å². The Bertz CT molecular complexity index is 310. The molecular weight excluding hydrogens is 164 g/mol. The molecule has 1 aromatic carbocycles. The maximum Gasteiger partial charge on any atom is 0.237 e. The third-order valence-corrected chi connectivity index (χ3v) is 2.34. The van der Waals surface area contributed by atoms with Gasteiger partial charge in [0.05, 0.1) is 12.1 Å². The molecule has 2 atom stereocenters. The van der Waals surface area contributed by atoms with Crippen LogP contribution in [-0.4, -0.2) is 11.9 Å². The highest BCUT2D eigenvalue weighted by molar-refractivity contribution is 5.84. The first-order valence-corrected chi connectivity index (χ1v) is 4.38. The molecule has 0 unspecified atom stereocenters. The predicted molar refractivity (Wildman–Crippen MR) is 49.9 cm³/mol. The number of nitrogens with two attached hydrogens (primary N) is 1. The summed E-state index contributed by atoms with van der Waals surface area (Å²) in [6.07, 6.45) is 0.697. The quantitative estimate of drug-likeness (QED) is 0.657. The fourth-order valence-corrected chi connectivity index (χ4v) is 1.60. The molecule has 0 bridgehead atoms. The third kappa shape index (κ3) is 1.55. The average molecular weight is 176 g/mol. The van der Waals surface area contributed by atoms with Gasteiger partial charge in [-0.05, 0) is 12.0 Å². The van der Waals surface area contributed by atoms with Gasteiger partial charge < -0.3 is 11.1 Å². The summed E-state index contributed by atoms with van der Waals surface area (Å²) >= 11 is 0. The summed E-state index contributed by atoms with van der Waals surface area (Å²) in [7, 11) is 0. The van der Waals surface area contributed by atoms with Crippen LogP contribution in [0.15, 0.2) is 30.3 Å². The molecule has 13 heavy (non-hydrogen) atoms. The first-order valence-electron chi connectivity index (χ1n) is 4.38. The van der Waals surface area contributed by atoms with Crippen LogP contribution < -0.4 is 11.1 Å². The van der Waals surface area contributed by atoms with Crippen molar-refractivity contribution in [2.75, 3.05) is 0 Å². The van der Waals surface area contributed by atoms with Gasteiger partial charge in [-0.15, -0.1) is 0 Å². The number of hydrogen-bond acceptors (Lipinski definition) is 2. The van der Waals surface area contributed by atoms with Gasteiger partial charge in [0.15, 0.2) is 0 Å². The van der Waals surface area contributed by atoms with Crippen LogP contribution in [-0.2, 0) is 4.79 Å². The van der Waals surface area contributed by atoms with Crippen LogP contribution >= 0.6 is 0 Å². The van der Waals surface area contributed by atoms with Crippen molar-refractivity contribution in [1.82, 2.24) is 5.32 Å². The SMILES string of the molecule is N[C@H]1C[C@@H](c2ccccc2)NC1=O. The van der Waals surface area contributed by atoms with Gasteiger partial charge in [-0.25, -0.2) is 0 Å². The zero-order chi connectivity index (χ0) is 9.26. The molecule has 1 aliphatic heterocycles. The molecule has 0 saturated carbocycles. The van der Waals surface area contributed by atoms with E-state index in [4.69, 9.17) is 5.73 Å². The van der Waals surface area contributed by atoms with Gasteiger partial charge in [0, 0.05) is 0 Å². The second kappa shape index (κ2) is 3.18. The molecule has 1 heterocycles.